The minimum atomic E-state index is -0.230. The molecular formula is C13H15ClO2. The van der Waals surface area contributed by atoms with Crippen molar-refractivity contribution in [3.05, 3.63) is 28.3 Å². The molecule has 3 rings (SSSR count). The van der Waals surface area contributed by atoms with Crippen LogP contribution in [0.5, 0.6) is 5.75 Å². The summed E-state index contributed by atoms with van der Waals surface area (Å²) in [7, 11) is 0. The molecule has 2 aliphatic rings. The van der Waals surface area contributed by atoms with Crippen LogP contribution in [-0.2, 0) is 12.8 Å². The van der Waals surface area contributed by atoms with E-state index in [1.165, 1.54) is 5.56 Å². The van der Waals surface area contributed by atoms with E-state index >= 15 is 0 Å². The summed E-state index contributed by atoms with van der Waals surface area (Å²) in [6.45, 7) is 0.738. The van der Waals surface area contributed by atoms with Gasteiger partial charge in [-0.15, -0.1) is 0 Å². The molecule has 1 aromatic carbocycles. The van der Waals surface area contributed by atoms with Crippen LogP contribution in [0.25, 0.3) is 0 Å². The number of aliphatic hydroxyl groups is 1. The van der Waals surface area contributed by atoms with Gasteiger partial charge in [0.1, 0.15) is 5.75 Å². The molecule has 1 aromatic rings. The van der Waals surface area contributed by atoms with Crippen LogP contribution < -0.4 is 4.74 Å². The van der Waals surface area contributed by atoms with Gasteiger partial charge in [0.2, 0.25) is 0 Å². The lowest BCUT2D eigenvalue weighted by Crippen LogP contribution is -2.13. The van der Waals surface area contributed by atoms with E-state index < -0.39 is 0 Å². The highest BCUT2D eigenvalue weighted by Crippen LogP contribution is 2.38. The monoisotopic (exact) mass is 238 g/mol. The third kappa shape index (κ3) is 1.92. The van der Waals surface area contributed by atoms with Crippen molar-refractivity contribution in [3.63, 3.8) is 0 Å². The number of aliphatic hydroxyl groups excluding tert-OH is 1. The molecule has 1 saturated carbocycles. The van der Waals surface area contributed by atoms with Crippen molar-refractivity contribution in [2.75, 3.05) is 6.61 Å². The van der Waals surface area contributed by atoms with Crippen molar-refractivity contribution >= 4 is 11.6 Å². The van der Waals surface area contributed by atoms with Gasteiger partial charge >= 0.3 is 0 Å². The van der Waals surface area contributed by atoms with Crippen LogP contribution in [0.2, 0.25) is 5.02 Å². The van der Waals surface area contributed by atoms with Crippen molar-refractivity contribution in [1.82, 2.24) is 0 Å². The van der Waals surface area contributed by atoms with Gasteiger partial charge in [-0.1, -0.05) is 11.6 Å². The molecule has 1 aliphatic heterocycles. The molecule has 86 valence electrons. The molecule has 0 saturated heterocycles. The van der Waals surface area contributed by atoms with Gasteiger partial charge in [-0.25, -0.2) is 0 Å². The molecule has 1 unspecified atom stereocenters. The first-order chi connectivity index (χ1) is 7.74. The van der Waals surface area contributed by atoms with Gasteiger partial charge in [0.15, 0.2) is 0 Å². The molecule has 1 N–H and O–H groups in total. The van der Waals surface area contributed by atoms with Gasteiger partial charge in [-0.2, -0.15) is 0 Å². The Morgan fingerprint density at radius 1 is 1.44 bits per heavy atom. The molecule has 1 aliphatic carbocycles. The van der Waals surface area contributed by atoms with Crippen LogP contribution in [0, 0.1) is 5.92 Å². The molecule has 2 nitrogen and oxygen atoms in total. The topological polar surface area (TPSA) is 29.5 Å². The second-order valence-electron chi connectivity index (χ2n) is 4.76. The molecule has 1 fully saturated rings. The van der Waals surface area contributed by atoms with Crippen molar-refractivity contribution in [2.24, 2.45) is 5.92 Å². The van der Waals surface area contributed by atoms with E-state index in [4.69, 9.17) is 16.3 Å². The predicted octanol–water partition coefficient (Wildman–Crippen LogP) is 2.59. The van der Waals surface area contributed by atoms with Gasteiger partial charge in [0, 0.05) is 17.9 Å². The zero-order valence-corrected chi connectivity index (χ0v) is 9.83. The fourth-order valence-corrected chi connectivity index (χ4v) is 2.63. The summed E-state index contributed by atoms with van der Waals surface area (Å²) in [5.74, 6) is 1.46. The second-order valence-corrected chi connectivity index (χ2v) is 5.20. The molecule has 0 spiro atoms. The molecule has 0 bridgehead atoms. The van der Waals surface area contributed by atoms with E-state index in [9.17, 15) is 5.11 Å². The van der Waals surface area contributed by atoms with E-state index in [1.54, 1.807) is 0 Å². The zero-order chi connectivity index (χ0) is 11.1. The fourth-order valence-electron chi connectivity index (χ4n) is 2.37. The molecule has 0 amide bonds. The lowest BCUT2D eigenvalue weighted by molar-refractivity contribution is 0.150. The SMILES string of the molecule is OC(Cc1cc(Cl)cc2c1OCC2)C1CC1. The number of halogens is 1. The van der Waals surface area contributed by atoms with Gasteiger partial charge in [0.05, 0.1) is 12.7 Å². The largest absolute Gasteiger partial charge is 0.493 e. The summed E-state index contributed by atoms with van der Waals surface area (Å²) in [5.41, 5.74) is 2.25. The Morgan fingerprint density at radius 2 is 2.25 bits per heavy atom. The van der Waals surface area contributed by atoms with Gasteiger partial charge < -0.3 is 9.84 Å². The lowest BCUT2D eigenvalue weighted by Gasteiger charge is -2.13. The van der Waals surface area contributed by atoms with E-state index in [-0.39, 0.29) is 6.10 Å². The van der Waals surface area contributed by atoms with Crippen LogP contribution in [0.15, 0.2) is 12.1 Å². The Morgan fingerprint density at radius 3 is 3.00 bits per heavy atom. The van der Waals surface area contributed by atoms with E-state index in [1.807, 2.05) is 12.1 Å². The summed E-state index contributed by atoms with van der Waals surface area (Å²) >= 11 is 6.07. The van der Waals surface area contributed by atoms with E-state index in [2.05, 4.69) is 0 Å². The van der Waals surface area contributed by atoms with E-state index in [0.717, 1.165) is 42.2 Å². The molecule has 1 heterocycles. The molecule has 0 aromatic heterocycles. The van der Waals surface area contributed by atoms with Crippen molar-refractivity contribution < 1.29 is 9.84 Å². The summed E-state index contributed by atoms with van der Waals surface area (Å²) in [5, 5.41) is 10.7. The van der Waals surface area contributed by atoms with Crippen molar-refractivity contribution in [1.29, 1.82) is 0 Å². The summed E-state index contributed by atoms with van der Waals surface area (Å²) in [6, 6.07) is 3.90. The van der Waals surface area contributed by atoms with Crippen molar-refractivity contribution in [2.45, 2.75) is 31.8 Å². The van der Waals surface area contributed by atoms with Crippen LogP contribution in [-0.4, -0.2) is 17.8 Å². The highest BCUT2D eigenvalue weighted by molar-refractivity contribution is 6.30. The lowest BCUT2D eigenvalue weighted by atomic mass is 10.0. The maximum Gasteiger partial charge on any atom is 0.126 e. The van der Waals surface area contributed by atoms with Crippen LogP contribution in [0.1, 0.15) is 24.0 Å². The van der Waals surface area contributed by atoms with Gasteiger partial charge in [0.25, 0.3) is 0 Å². The Kier molecular flexibility index (Phi) is 2.56. The number of benzene rings is 1. The maximum atomic E-state index is 9.97. The molecule has 16 heavy (non-hydrogen) atoms. The Bertz CT molecular complexity index is 413. The van der Waals surface area contributed by atoms with Crippen LogP contribution in [0.4, 0.5) is 0 Å². The summed E-state index contributed by atoms with van der Waals surface area (Å²) < 4.78 is 5.62. The number of fused-ring (bicyclic) bond motifs is 1. The van der Waals surface area contributed by atoms with E-state index in [0.29, 0.717) is 12.3 Å². The van der Waals surface area contributed by atoms with Gasteiger partial charge in [-0.3, -0.25) is 0 Å². The first-order valence-corrected chi connectivity index (χ1v) is 6.24. The minimum Gasteiger partial charge on any atom is -0.493 e. The number of ether oxygens (including phenoxy) is 1. The Labute approximate surface area is 100 Å². The Hall–Kier alpha value is -0.730. The normalized spacial score (nSPS) is 20.4. The average Bonchev–Trinajstić information content (AvgIpc) is 2.98. The first kappa shape index (κ1) is 10.4. The molecule has 1 atom stereocenters. The Balaban J connectivity index is 1.87. The molecule has 3 heteroatoms. The fraction of sp³-hybridized carbons (Fsp3) is 0.538. The van der Waals surface area contributed by atoms with Crippen molar-refractivity contribution in [3.8, 4) is 5.75 Å². The van der Waals surface area contributed by atoms with Crippen LogP contribution in [0.3, 0.4) is 0 Å². The smallest absolute Gasteiger partial charge is 0.126 e. The summed E-state index contributed by atoms with van der Waals surface area (Å²) in [6.07, 6.45) is 3.69. The third-order valence-electron chi connectivity index (χ3n) is 3.42. The standard InChI is InChI=1S/C13H15ClO2/c14-11-5-9-3-4-16-13(9)10(6-11)7-12(15)8-1-2-8/h5-6,8,12,15H,1-4,7H2. The highest BCUT2D eigenvalue weighted by atomic mass is 35.5. The predicted molar refractivity (Wildman–Crippen MR) is 63.1 cm³/mol. The van der Waals surface area contributed by atoms with Crippen LogP contribution >= 0.6 is 11.6 Å². The number of hydrogen-bond acceptors (Lipinski definition) is 2. The van der Waals surface area contributed by atoms with Gasteiger partial charge in [-0.05, 0) is 42.0 Å². The summed E-state index contributed by atoms with van der Waals surface area (Å²) in [4.78, 5) is 0. The second kappa shape index (κ2) is 3.94. The quantitative estimate of drug-likeness (QED) is 0.877. The average molecular weight is 239 g/mol. The maximum absolute atomic E-state index is 9.97. The number of hydrogen-bond donors (Lipinski definition) is 1. The zero-order valence-electron chi connectivity index (χ0n) is 9.08. The number of rotatable bonds is 3. The third-order valence-corrected chi connectivity index (χ3v) is 3.64. The molecule has 0 radical (unpaired) electrons. The first-order valence-electron chi connectivity index (χ1n) is 5.86. The highest BCUT2D eigenvalue weighted by Gasteiger charge is 2.31. The minimum absolute atomic E-state index is 0.230. The molecular weight excluding hydrogens is 224 g/mol.